The first-order valence-electron chi connectivity index (χ1n) is 17.8. The molecule has 5 aromatic carbocycles. The number of nitrogens with zero attached hydrogens (tertiary/aromatic N) is 7. The molecular weight excluding hydrogens is 942 g/mol. The van der Waals surface area contributed by atoms with E-state index in [4.69, 9.17) is 0 Å². The second-order valence-corrected chi connectivity index (χ2v) is 14.9. The molecule has 2 aliphatic heterocycles. The maximum absolute atomic E-state index is 16.6. The van der Waals surface area contributed by atoms with Crippen molar-refractivity contribution >= 4 is 61.9 Å². The Kier molecular flexibility index (Phi) is 9.35. The van der Waals surface area contributed by atoms with E-state index in [1.54, 1.807) is 0 Å². The van der Waals surface area contributed by atoms with Gasteiger partial charge in [-0.15, -0.1) is 4.79 Å². The summed E-state index contributed by atoms with van der Waals surface area (Å²) >= 11 is 0.324. The van der Waals surface area contributed by atoms with Crippen LogP contribution in [0.2, 0.25) is 0 Å². The number of aromatic nitrogens is 8. The van der Waals surface area contributed by atoms with Crippen LogP contribution < -0.4 is 0 Å². The van der Waals surface area contributed by atoms with E-state index in [2.05, 4.69) is 39.6 Å². The minimum Gasteiger partial charge on any atom is -0.465 e. The Morgan fingerprint density at radius 1 is 0.515 bits per heavy atom. The number of halogens is 15. The standard InChI is InChI=1S/C40H9F15N8O2S/c1-65-40(64)7-2-4-8(5-3-7)66-31-17-14(22(46)29(53)30(31)54)35-58-34-12-13(21(45)26(50)25(49)20(12)44)36(59-34)62-39-16-15(23(47)27(51)28(52)24(16)48)38(63(39)55)61-33-11-9(6-10(41)18(42)19(11)43)32(56-33)57-37(17)60-35/h2-6H,1H3,(H,56,57,58,59,60,61,62). The number of benzene rings is 5. The number of H-pyrrole nitrogens is 1. The van der Waals surface area contributed by atoms with Gasteiger partial charge in [0.05, 0.1) is 50.4 Å². The molecule has 8 aromatic rings. The second kappa shape index (κ2) is 14.6. The predicted octanol–water partition coefficient (Wildman–Crippen LogP) is 11.0. The summed E-state index contributed by atoms with van der Waals surface area (Å²) in [7, 11) is 1.07. The first-order chi connectivity index (χ1) is 31.3. The number of hydrogen-bond acceptors (Lipinski definition) is 9. The van der Waals surface area contributed by atoms with Gasteiger partial charge >= 0.3 is 5.97 Å². The lowest BCUT2D eigenvalue weighted by Crippen LogP contribution is -2.01. The van der Waals surface area contributed by atoms with Crippen LogP contribution in [0.5, 0.6) is 0 Å². The van der Waals surface area contributed by atoms with E-state index in [1.165, 1.54) is 24.3 Å². The van der Waals surface area contributed by atoms with E-state index in [-0.39, 0.29) is 16.5 Å². The van der Waals surface area contributed by atoms with Gasteiger partial charge in [-0.2, -0.15) is 0 Å². The maximum Gasteiger partial charge on any atom is 0.337 e. The molecule has 5 heterocycles. The van der Waals surface area contributed by atoms with Crippen LogP contribution in [0, 0.1) is 81.4 Å². The Morgan fingerprint density at radius 3 is 1.55 bits per heavy atom. The number of carbonyl (C=O) groups is 1. The fraction of sp³-hybridized carbons (Fsp3) is 0.0250. The van der Waals surface area contributed by atoms with Gasteiger partial charge in [0.25, 0.3) is 0 Å². The summed E-state index contributed by atoms with van der Waals surface area (Å²) in [6, 6.07) is 4.99. The highest BCUT2D eigenvalue weighted by molar-refractivity contribution is 7.99. The van der Waals surface area contributed by atoms with Gasteiger partial charge in [0.15, 0.2) is 116 Å². The van der Waals surface area contributed by atoms with Crippen LogP contribution in [0.15, 0.2) is 40.1 Å². The molecule has 1 N–H and O–H groups in total. The van der Waals surface area contributed by atoms with Gasteiger partial charge < -0.3 is 9.72 Å². The molecule has 332 valence electrons. The molecule has 0 aliphatic carbocycles. The van der Waals surface area contributed by atoms with E-state index in [9.17, 15) is 31.1 Å². The number of methoxy groups -OCH3 is 1. The van der Waals surface area contributed by atoms with E-state index >= 15 is 39.6 Å². The lowest BCUT2D eigenvalue weighted by molar-refractivity contribution is 0.0600. The number of rotatable bonds is 3. The van der Waals surface area contributed by atoms with Crippen LogP contribution in [-0.2, 0) is 4.74 Å². The zero-order chi connectivity index (χ0) is 47.1. The monoisotopic (exact) mass is 950 g/mol. The number of esters is 1. The van der Waals surface area contributed by atoms with Crippen LogP contribution in [0.3, 0.4) is 0 Å². The summed E-state index contributed by atoms with van der Waals surface area (Å²) in [6.45, 7) is 0. The van der Waals surface area contributed by atoms with Crippen molar-refractivity contribution < 1.29 is 75.5 Å². The SMILES string of the molecule is COC(=O)c1ccc(Sc2c(F)c(F)c(F)c3c4nc5nc(nc6c7c(F)c(F)c(F)c(F)c7c(nc7nc(nc([nH]4)c23)-c2cc(F)c(F)c(F)c2-7)n6F)-c2c(F)c(F)c(F)c(F)c2-5)cc1. The topological polar surface area (TPSA) is 124 Å². The third-order valence-electron chi connectivity index (χ3n) is 10.2. The van der Waals surface area contributed by atoms with Crippen LogP contribution in [0.25, 0.3) is 89.7 Å². The number of aromatic amines is 1. The van der Waals surface area contributed by atoms with Gasteiger partial charge in [-0.05, 0) is 30.3 Å². The fourth-order valence-corrected chi connectivity index (χ4v) is 8.23. The number of hydrogen-bond donors (Lipinski definition) is 1. The molecule has 8 bridgehead atoms. The Hall–Kier alpha value is -7.77. The summed E-state index contributed by atoms with van der Waals surface area (Å²) in [5, 5.41) is -5.39. The quantitative estimate of drug-likeness (QED) is 0.0798. The van der Waals surface area contributed by atoms with E-state index in [1.807, 2.05) is 0 Å². The molecule has 0 saturated heterocycles. The fourth-order valence-electron chi connectivity index (χ4n) is 7.24. The van der Waals surface area contributed by atoms with Crippen molar-refractivity contribution in [3.63, 3.8) is 0 Å². The molecule has 0 spiro atoms. The molecule has 26 heteroatoms. The highest BCUT2D eigenvalue weighted by Gasteiger charge is 2.37. The molecule has 0 amide bonds. The predicted molar refractivity (Wildman–Crippen MR) is 198 cm³/mol. The highest BCUT2D eigenvalue weighted by atomic mass is 32.2. The van der Waals surface area contributed by atoms with Crippen molar-refractivity contribution in [2.45, 2.75) is 9.79 Å². The minimum atomic E-state index is -2.63. The molecule has 2 aliphatic rings. The highest BCUT2D eigenvalue weighted by Crippen LogP contribution is 2.46. The molecule has 0 saturated carbocycles. The molecule has 10 nitrogen and oxygen atoms in total. The van der Waals surface area contributed by atoms with Crippen molar-refractivity contribution in [2.24, 2.45) is 0 Å². The lowest BCUT2D eigenvalue weighted by Gasteiger charge is -2.08. The molecule has 3 aromatic heterocycles. The Balaban J connectivity index is 1.45. The van der Waals surface area contributed by atoms with Gasteiger partial charge in [-0.25, -0.2) is 96.2 Å². The summed E-state index contributed by atoms with van der Waals surface area (Å²) in [5.74, 6) is -38.6. The van der Waals surface area contributed by atoms with Gasteiger partial charge in [0, 0.05) is 15.8 Å². The van der Waals surface area contributed by atoms with Crippen LogP contribution in [-0.4, -0.2) is 52.8 Å². The van der Waals surface area contributed by atoms with Crippen LogP contribution in [0.1, 0.15) is 10.4 Å². The molecule has 0 atom stereocenters. The van der Waals surface area contributed by atoms with Crippen molar-refractivity contribution in [2.75, 3.05) is 7.11 Å². The Morgan fingerprint density at radius 2 is 0.970 bits per heavy atom. The van der Waals surface area contributed by atoms with Crippen molar-refractivity contribution in [3.05, 3.63) is 117 Å². The molecular formula is C40H9F15N8O2S. The lowest BCUT2D eigenvalue weighted by atomic mass is 10.1. The van der Waals surface area contributed by atoms with Crippen molar-refractivity contribution in [1.82, 2.24) is 39.7 Å². The number of carbonyl (C=O) groups excluding carboxylic acids is 1. The van der Waals surface area contributed by atoms with E-state index in [0.29, 0.717) is 11.8 Å². The molecule has 0 radical (unpaired) electrons. The number of ether oxygens (including phenoxy) is 1. The molecule has 0 unspecified atom stereocenters. The first-order valence-corrected chi connectivity index (χ1v) is 18.6. The second-order valence-electron chi connectivity index (χ2n) is 13.8. The summed E-state index contributed by atoms with van der Waals surface area (Å²) in [4.78, 5) is 34.9. The summed E-state index contributed by atoms with van der Waals surface area (Å²) < 4.78 is 237. The normalized spacial score (nSPS) is 12.1. The number of fused-ring (bicyclic) bond motifs is 20. The van der Waals surface area contributed by atoms with Gasteiger partial charge in [0.2, 0.25) is 0 Å². The molecule has 10 rings (SSSR count). The largest absolute Gasteiger partial charge is 0.465 e. The summed E-state index contributed by atoms with van der Waals surface area (Å²) in [5.41, 5.74) is -10.8. The Labute approximate surface area is 356 Å². The van der Waals surface area contributed by atoms with E-state index in [0.717, 1.165) is 7.11 Å². The average Bonchev–Trinajstić information content (AvgIpc) is 4.02. The van der Waals surface area contributed by atoms with Crippen molar-refractivity contribution in [1.29, 1.82) is 0 Å². The average molecular weight is 951 g/mol. The number of nitrogens with one attached hydrogen (secondary N) is 1. The third kappa shape index (κ3) is 5.78. The van der Waals surface area contributed by atoms with Crippen molar-refractivity contribution in [3.8, 4) is 45.6 Å². The molecule has 0 fully saturated rings. The maximum atomic E-state index is 16.6. The first kappa shape index (κ1) is 42.2. The molecule has 66 heavy (non-hydrogen) atoms. The van der Waals surface area contributed by atoms with Gasteiger partial charge in [0.1, 0.15) is 11.3 Å². The third-order valence-corrected chi connectivity index (χ3v) is 11.3. The Bertz CT molecular complexity index is 3770. The van der Waals surface area contributed by atoms with Gasteiger partial charge in [-0.1, -0.05) is 16.2 Å². The van der Waals surface area contributed by atoms with E-state index < -0.39 is 187 Å². The zero-order valence-electron chi connectivity index (χ0n) is 31.4. The smallest absolute Gasteiger partial charge is 0.337 e. The van der Waals surface area contributed by atoms with Crippen LogP contribution >= 0.6 is 11.8 Å². The zero-order valence-corrected chi connectivity index (χ0v) is 32.2. The van der Waals surface area contributed by atoms with Gasteiger partial charge in [-0.3, -0.25) is 0 Å². The summed E-state index contributed by atoms with van der Waals surface area (Å²) in [6.07, 6.45) is 0. The van der Waals surface area contributed by atoms with Crippen LogP contribution in [0.4, 0.5) is 65.9 Å². The minimum absolute atomic E-state index is 0.0129.